The Morgan fingerprint density at radius 2 is 1.87 bits per heavy atom. The molecule has 0 radical (unpaired) electrons. The molecule has 0 saturated carbocycles. The van der Waals surface area contributed by atoms with Crippen LogP contribution in [0.1, 0.15) is 5.56 Å². The molecule has 1 N–H and O–H groups in total. The van der Waals surface area contributed by atoms with Gasteiger partial charge in [-0.05, 0) is 41.8 Å². The summed E-state index contributed by atoms with van der Waals surface area (Å²) in [4.78, 5) is 13.5. The molecule has 0 aliphatic heterocycles. The summed E-state index contributed by atoms with van der Waals surface area (Å²) in [7, 11) is 0. The predicted molar refractivity (Wildman–Crippen MR) is 115 cm³/mol. The monoisotopic (exact) mass is 414 g/mol. The Hall–Kier alpha value is -4.02. The number of halogens is 1. The molecule has 7 heteroatoms. The largest absolute Gasteiger partial charge is 0.319 e. The Morgan fingerprint density at radius 1 is 1.10 bits per heavy atom. The second kappa shape index (κ2) is 8.55. The van der Waals surface area contributed by atoms with E-state index < -0.39 is 11.7 Å². The van der Waals surface area contributed by atoms with Crippen molar-refractivity contribution < 1.29 is 9.18 Å². The van der Waals surface area contributed by atoms with Crippen molar-refractivity contribution in [1.82, 2.24) is 9.78 Å². The fourth-order valence-corrected chi connectivity index (χ4v) is 3.60. The highest BCUT2D eigenvalue weighted by molar-refractivity contribution is 7.13. The minimum Gasteiger partial charge on any atom is -0.319 e. The topological polar surface area (TPSA) is 70.7 Å². The Kier molecular flexibility index (Phi) is 5.50. The number of anilines is 1. The zero-order valence-electron chi connectivity index (χ0n) is 15.6. The number of rotatable bonds is 5. The van der Waals surface area contributed by atoms with Gasteiger partial charge in [-0.2, -0.15) is 10.4 Å². The van der Waals surface area contributed by atoms with Gasteiger partial charge in [0.2, 0.25) is 0 Å². The van der Waals surface area contributed by atoms with Crippen molar-refractivity contribution in [3.05, 3.63) is 95.3 Å². The third kappa shape index (κ3) is 4.04. The first-order valence-corrected chi connectivity index (χ1v) is 9.90. The molecule has 5 nitrogen and oxygen atoms in total. The van der Waals surface area contributed by atoms with Crippen molar-refractivity contribution in [1.29, 1.82) is 5.26 Å². The summed E-state index contributed by atoms with van der Waals surface area (Å²) in [6.07, 6.45) is 3.23. The number of hydrogen-bond donors (Lipinski definition) is 1. The molecule has 2 aromatic carbocycles. The minimum absolute atomic E-state index is 0.0158. The van der Waals surface area contributed by atoms with Crippen LogP contribution in [0, 0.1) is 17.1 Å². The van der Waals surface area contributed by atoms with Crippen LogP contribution >= 0.6 is 11.3 Å². The lowest BCUT2D eigenvalue weighted by atomic mass is 10.1. The average Bonchev–Trinajstić information content (AvgIpc) is 3.44. The van der Waals surface area contributed by atoms with Crippen LogP contribution in [0.4, 0.5) is 10.1 Å². The maximum absolute atomic E-state index is 13.9. The van der Waals surface area contributed by atoms with E-state index in [0.717, 1.165) is 10.6 Å². The number of hydrogen-bond acceptors (Lipinski definition) is 4. The van der Waals surface area contributed by atoms with Crippen LogP contribution in [-0.4, -0.2) is 15.7 Å². The molecule has 0 atom stereocenters. The van der Waals surface area contributed by atoms with Crippen LogP contribution in [0.3, 0.4) is 0 Å². The number of carbonyl (C=O) groups excluding carboxylic acids is 1. The molecule has 0 aliphatic carbocycles. The van der Waals surface area contributed by atoms with Gasteiger partial charge in [0.05, 0.1) is 16.3 Å². The van der Waals surface area contributed by atoms with E-state index in [-0.39, 0.29) is 11.3 Å². The summed E-state index contributed by atoms with van der Waals surface area (Å²) in [5.41, 5.74) is 1.98. The van der Waals surface area contributed by atoms with Gasteiger partial charge in [-0.1, -0.05) is 36.4 Å². The summed E-state index contributed by atoms with van der Waals surface area (Å²) in [6, 6.07) is 21.1. The third-order valence-electron chi connectivity index (χ3n) is 4.30. The molecule has 1 amide bonds. The van der Waals surface area contributed by atoms with Gasteiger partial charge in [0.25, 0.3) is 5.91 Å². The standard InChI is InChI=1S/C23H15FN4OS/c24-19-9-4-5-10-20(19)26-23(29)16(14-25)13-17-15-28(18-7-2-1-3-8-18)27-22(17)21-11-6-12-30-21/h1-13,15H,(H,26,29). The van der Waals surface area contributed by atoms with Crippen LogP contribution in [-0.2, 0) is 4.79 Å². The molecular formula is C23H15FN4OS. The van der Waals surface area contributed by atoms with Crippen molar-refractivity contribution >= 4 is 29.0 Å². The van der Waals surface area contributed by atoms with Crippen LogP contribution in [0.25, 0.3) is 22.3 Å². The molecule has 146 valence electrons. The smallest absolute Gasteiger partial charge is 0.266 e. The number of nitrogens with one attached hydrogen (secondary N) is 1. The normalized spacial score (nSPS) is 11.1. The van der Waals surface area contributed by atoms with Crippen LogP contribution in [0.2, 0.25) is 0 Å². The highest BCUT2D eigenvalue weighted by Crippen LogP contribution is 2.29. The molecule has 0 aliphatic rings. The molecule has 2 aromatic heterocycles. The zero-order valence-corrected chi connectivity index (χ0v) is 16.4. The highest BCUT2D eigenvalue weighted by Gasteiger charge is 2.16. The van der Waals surface area contributed by atoms with Gasteiger partial charge in [-0.3, -0.25) is 4.79 Å². The van der Waals surface area contributed by atoms with E-state index in [2.05, 4.69) is 10.4 Å². The summed E-state index contributed by atoms with van der Waals surface area (Å²) < 4.78 is 15.6. The highest BCUT2D eigenvalue weighted by atomic mass is 32.1. The molecule has 0 bridgehead atoms. The average molecular weight is 414 g/mol. The first-order chi connectivity index (χ1) is 14.7. The van der Waals surface area contributed by atoms with Crippen LogP contribution in [0.15, 0.2) is 83.9 Å². The molecule has 0 saturated heterocycles. The van der Waals surface area contributed by atoms with E-state index in [9.17, 15) is 14.4 Å². The molecule has 2 heterocycles. The van der Waals surface area contributed by atoms with E-state index in [1.54, 1.807) is 16.9 Å². The summed E-state index contributed by atoms with van der Waals surface area (Å²) in [6.45, 7) is 0. The Balaban J connectivity index is 1.73. The number of thiophene rings is 1. The lowest BCUT2D eigenvalue weighted by molar-refractivity contribution is -0.112. The number of para-hydroxylation sites is 2. The van der Waals surface area contributed by atoms with Gasteiger partial charge < -0.3 is 5.32 Å². The maximum Gasteiger partial charge on any atom is 0.266 e. The molecule has 0 spiro atoms. The third-order valence-corrected chi connectivity index (χ3v) is 5.18. The maximum atomic E-state index is 13.9. The molecule has 4 rings (SSSR count). The van der Waals surface area contributed by atoms with Crippen molar-refractivity contribution in [3.8, 4) is 22.3 Å². The number of benzene rings is 2. The molecule has 0 unspecified atom stereocenters. The van der Waals surface area contributed by atoms with Crippen LogP contribution in [0.5, 0.6) is 0 Å². The minimum atomic E-state index is -0.688. The van der Waals surface area contributed by atoms with Crippen LogP contribution < -0.4 is 5.32 Å². The summed E-state index contributed by atoms with van der Waals surface area (Å²) in [5, 5.41) is 18.6. The van der Waals surface area contributed by atoms with E-state index in [0.29, 0.717) is 11.3 Å². The fourth-order valence-electron chi connectivity index (χ4n) is 2.87. The van der Waals surface area contributed by atoms with Gasteiger partial charge in [0.1, 0.15) is 23.2 Å². The number of amides is 1. The first-order valence-electron chi connectivity index (χ1n) is 9.02. The Morgan fingerprint density at radius 3 is 2.57 bits per heavy atom. The zero-order chi connectivity index (χ0) is 20.9. The number of carbonyl (C=O) groups is 1. The van der Waals surface area contributed by atoms with E-state index in [1.807, 2.05) is 53.9 Å². The Labute approximate surface area is 176 Å². The molecule has 0 fully saturated rings. The SMILES string of the molecule is N#CC(=Cc1cn(-c2ccccc2)nc1-c1cccs1)C(=O)Nc1ccccc1F. The van der Waals surface area contributed by atoms with Gasteiger partial charge in [-0.25, -0.2) is 9.07 Å². The van der Waals surface area contributed by atoms with Gasteiger partial charge in [0, 0.05) is 11.8 Å². The number of nitrogens with zero attached hydrogens (tertiary/aromatic N) is 3. The van der Waals surface area contributed by atoms with Crippen molar-refractivity contribution in [2.24, 2.45) is 0 Å². The quantitative estimate of drug-likeness (QED) is 0.356. The van der Waals surface area contributed by atoms with Gasteiger partial charge >= 0.3 is 0 Å². The Bertz CT molecular complexity index is 1250. The number of nitriles is 1. The first kappa shape index (κ1) is 19.3. The summed E-state index contributed by atoms with van der Waals surface area (Å²) in [5.74, 6) is -1.26. The lowest BCUT2D eigenvalue weighted by Crippen LogP contribution is -2.14. The van der Waals surface area contributed by atoms with Crippen molar-refractivity contribution in [2.75, 3.05) is 5.32 Å². The summed E-state index contributed by atoms with van der Waals surface area (Å²) >= 11 is 1.51. The second-order valence-electron chi connectivity index (χ2n) is 6.29. The van der Waals surface area contributed by atoms with E-state index >= 15 is 0 Å². The van der Waals surface area contributed by atoms with Gasteiger partial charge in [0.15, 0.2) is 0 Å². The predicted octanol–water partition coefficient (Wildman–Crippen LogP) is 5.29. The molecular weight excluding hydrogens is 399 g/mol. The van der Waals surface area contributed by atoms with Crippen molar-refractivity contribution in [3.63, 3.8) is 0 Å². The van der Waals surface area contributed by atoms with E-state index in [4.69, 9.17) is 0 Å². The number of aromatic nitrogens is 2. The fraction of sp³-hybridized carbons (Fsp3) is 0. The lowest BCUT2D eigenvalue weighted by Gasteiger charge is -2.05. The van der Waals surface area contributed by atoms with Gasteiger partial charge in [-0.15, -0.1) is 11.3 Å². The molecule has 30 heavy (non-hydrogen) atoms. The van der Waals surface area contributed by atoms with Crippen molar-refractivity contribution in [2.45, 2.75) is 0 Å². The van der Waals surface area contributed by atoms with E-state index in [1.165, 1.54) is 35.6 Å². The second-order valence-corrected chi connectivity index (χ2v) is 7.24. The molecule has 4 aromatic rings.